The summed E-state index contributed by atoms with van der Waals surface area (Å²) < 4.78 is 66.6. The lowest BCUT2D eigenvalue weighted by Crippen LogP contribution is -2.49. The van der Waals surface area contributed by atoms with Gasteiger partial charge in [-0.25, -0.2) is 29.1 Å². The molecule has 2 aromatic heterocycles. The molecule has 1 aromatic carbocycles. The molecule has 0 atom stereocenters. The summed E-state index contributed by atoms with van der Waals surface area (Å²) >= 11 is 0. The molecule has 7 saturated heterocycles. The lowest BCUT2D eigenvalue weighted by molar-refractivity contribution is -0.148. The Kier molecular flexibility index (Phi) is 45.3. The number of alkyl halides is 3. The Hall–Kier alpha value is -7.36. The fourth-order valence-electron chi connectivity index (χ4n) is 15.3. The van der Waals surface area contributed by atoms with Gasteiger partial charge in [0.1, 0.15) is 18.6 Å². The molecule has 113 heavy (non-hydrogen) atoms. The van der Waals surface area contributed by atoms with Gasteiger partial charge < -0.3 is 91.5 Å². The van der Waals surface area contributed by atoms with E-state index in [0.29, 0.717) is 87.8 Å². The van der Waals surface area contributed by atoms with Crippen LogP contribution in [-0.2, 0) is 53.0 Å². The number of ether oxygens (including phenoxy) is 4. The number of rotatable bonds is 18. The minimum atomic E-state index is -4.39. The molecule has 7 amide bonds. The molecule has 7 aliphatic heterocycles. The molecule has 7 fully saturated rings. The molecule has 32 heteroatoms. The van der Waals surface area contributed by atoms with E-state index < -0.39 is 18.8 Å². The lowest BCUT2D eigenvalue weighted by Gasteiger charge is -2.38. The van der Waals surface area contributed by atoms with E-state index in [-0.39, 0.29) is 48.1 Å². The largest absolute Gasteiger partial charge is 0.453 e. The minimum Gasteiger partial charge on any atom is -0.453 e. The van der Waals surface area contributed by atoms with Gasteiger partial charge >= 0.3 is 30.5 Å². The Bertz CT molecular complexity index is 3020. The second kappa shape index (κ2) is 52.3. The first-order chi connectivity index (χ1) is 53.8. The van der Waals surface area contributed by atoms with Crippen LogP contribution in [0.3, 0.4) is 0 Å². The second-order valence-electron chi connectivity index (χ2n) is 31.0. The van der Waals surface area contributed by atoms with Gasteiger partial charge in [0.15, 0.2) is 6.39 Å². The summed E-state index contributed by atoms with van der Waals surface area (Å²) in [6.07, 6.45) is 14.1. The zero-order valence-electron chi connectivity index (χ0n) is 71.7. The zero-order chi connectivity index (χ0) is 83.7. The topological polar surface area (TPSA) is 254 Å². The number of hydrogen-bond acceptors (Lipinski definition) is 22. The number of aromatic nitrogens is 2. The van der Waals surface area contributed by atoms with Crippen LogP contribution in [0.5, 0.6) is 0 Å². The van der Waals surface area contributed by atoms with Crippen LogP contribution in [0.25, 0.3) is 0 Å². The number of oxazole rings is 2. The SMILES string of the molecule is CC(=O)N(Cc1ccccc1)C1CCN(C)CC1.CC(=O)N(Cc1cnco1)C1CCN(C)CC1.CC(=O)N(Cc1ncco1)C1CCN(C)CC1.CCN(C(=O)OC)C1CCN(C)CC1.CCOC(=O)N(CC)C1CCN(C)CC1.COC(=O)N(C(C)C)C1CCN(C)CC1.COC(=O)N(CC(F)(F)F)C1CCN(C)CC1. The number of amides is 7. The third-order valence-corrected chi connectivity index (χ3v) is 22.2. The molecule has 644 valence electrons. The van der Waals surface area contributed by atoms with Crippen LogP contribution in [0.1, 0.15) is 162 Å². The highest BCUT2D eigenvalue weighted by molar-refractivity contribution is 5.75. The number of hydrogen-bond donors (Lipinski definition) is 0. The van der Waals surface area contributed by atoms with Crippen LogP contribution >= 0.6 is 0 Å². The summed E-state index contributed by atoms with van der Waals surface area (Å²) in [5.41, 5.74) is 1.21. The smallest absolute Gasteiger partial charge is 0.410 e. The van der Waals surface area contributed by atoms with Crippen molar-refractivity contribution in [1.29, 1.82) is 0 Å². The lowest BCUT2D eigenvalue weighted by atomic mass is 10.0. The maximum atomic E-state index is 12.4. The molecule has 0 aliphatic carbocycles. The van der Waals surface area contributed by atoms with Gasteiger partial charge in [0, 0.05) is 88.7 Å². The van der Waals surface area contributed by atoms with Crippen LogP contribution in [0.4, 0.5) is 32.3 Å². The molecule has 0 unspecified atom stereocenters. The first-order valence-electron chi connectivity index (χ1n) is 40.7. The first-order valence-corrected chi connectivity index (χ1v) is 40.7. The van der Waals surface area contributed by atoms with Gasteiger partial charge in [0.25, 0.3) is 0 Å². The van der Waals surface area contributed by atoms with Crippen molar-refractivity contribution in [3.63, 3.8) is 0 Å². The van der Waals surface area contributed by atoms with Gasteiger partial charge in [0.2, 0.25) is 23.6 Å². The molecule has 9 heterocycles. The fourth-order valence-corrected chi connectivity index (χ4v) is 15.3. The predicted octanol–water partition coefficient (Wildman–Crippen LogP) is 10.4. The number of benzene rings is 1. The summed E-state index contributed by atoms with van der Waals surface area (Å²) in [5.74, 6) is 1.75. The van der Waals surface area contributed by atoms with E-state index in [1.807, 2.05) is 94.2 Å². The number of piperidine rings is 7. The number of likely N-dealkylation sites (tertiary alicyclic amines) is 7. The Morgan fingerprint density at radius 3 is 1.08 bits per heavy atom. The average molecular weight is 1600 g/mol. The molecule has 0 saturated carbocycles. The highest BCUT2D eigenvalue weighted by Gasteiger charge is 2.39. The summed E-state index contributed by atoms with van der Waals surface area (Å²) in [4.78, 5) is 117. The van der Waals surface area contributed by atoms with Crippen LogP contribution in [0.15, 0.2) is 64.2 Å². The van der Waals surface area contributed by atoms with E-state index in [0.717, 1.165) is 193 Å². The Balaban J connectivity index is 0.000000278. The van der Waals surface area contributed by atoms with E-state index in [1.165, 1.54) is 26.2 Å². The molecule has 0 N–H and O–H groups in total. The Morgan fingerprint density at radius 2 is 0.779 bits per heavy atom. The fraction of sp³-hybridized carbons (Fsp3) is 0.765. The second-order valence-corrected chi connectivity index (χ2v) is 31.0. The molecule has 0 bridgehead atoms. The number of carbonyl (C=O) groups is 7. The predicted molar refractivity (Wildman–Crippen MR) is 430 cm³/mol. The molecular formula is C81H141F3N16O13. The molecule has 0 spiro atoms. The number of carbonyl (C=O) groups excluding carboxylic acids is 7. The number of nitrogens with zero attached hydrogens (tertiary/aromatic N) is 16. The van der Waals surface area contributed by atoms with Crippen molar-refractivity contribution in [2.45, 2.75) is 219 Å². The highest BCUT2D eigenvalue weighted by atomic mass is 19.4. The highest BCUT2D eigenvalue weighted by Crippen LogP contribution is 2.27. The van der Waals surface area contributed by atoms with Gasteiger partial charge in [-0.2, -0.15) is 13.2 Å². The van der Waals surface area contributed by atoms with Crippen LogP contribution < -0.4 is 0 Å². The van der Waals surface area contributed by atoms with E-state index in [9.17, 15) is 46.7 Å². The normalized spacial score (nSPS) is 18.6. The van der Waals surface area contributed by atoms with Crippen molar-refractivity contribution >= 4 is 42.1 Å². The monoisotopic (exact) mass is 1600 g/mol. The third-order valence-electron chi connectivity index (χ3n) is 22.2. The van der Waals surface area contributed by atoms with Crippen molar-refractivity contribution in [3.8, 4) is 0 Å². The zero-order valence-corrected chi connectivity index (χ0v) is 71.7. The number of methoxy groups -OCH3 is 3. The quantitative estimate of drug-likeness (QED) is 0.107. The van der Waals surface area contributed by atoms with Gasteiger partial charge in [-0.1, -0.05) is 30.3 Å². The van der Waals surface area contributed by atoms with E-state index in [2.05, 4.69) is 98.5 Å². The van der Waals surface area contributed by atoms with Gasteiger partial charge in [-0.3, -0.25) is 19.3 Å². The maximum Gasteiger partial charge on any atom is 0.410 e. The van der Waals surface area contributed by atoms with E-state index >= 15 is 0 Å². The Morgan fingerprint density at radius 1 is 0.451 bits per heavy atom. The maximum absolute atomic E-state index is 12.4. The first kappa shape index (κ1) is 98.0. The van der Waals surface area contributed by atoms with Crippen LogP contribution in [-0.4, -0.2) is 364 Å². The van der Waals surface area contributed by atoms with Crippen molar-refractivity contribution < 1.29 is 74.5 Å². The molecule has 3 aromatic rings. The van der Waals surface area contributed by atoms with Gasteiger partial charge in [-0.15, -0.1) is 0 Å². The van der Waals surface area contributed by atoms with E-state index in [4.69, 9.17) is 23.0 Å². The number of halogens is 3. The van der Waals surface area contributed by atoms with Crippen molar-refractivity contribution in [2.24, 2.45) is 0 Å². The summed E-state index contributed by atoms with van der Waals surface area (Å²) in [6, 6.07) is 12.2. The molecular weight excluding hydrogens is 1460 g/mol. The Labute approximate surface area is 672 Å². The third kappa shape index (κ3) is 36.1. The minimum absolute atomic E-state index is 0.0951. The molecule has 10 rings (SSSR count). The summed E-state index contributed by atoms with van der Waals surface area (Å²) in [6.45, 7) is 31.4. The van der Waals surface area contributed by atoms with Crippen molar-refractivity contribution in [2.75, 3.05) is 189 Å². The standard InChI is InChI=1S/C15H22N2O.2C12H19N3O2.2C11H22N2O2.C10H17F3N2O2.C10H20N2O2/c1-13(18)17(12-14-6-4-3-5-7-14)15-8-10-16(2)11-9-15;1-10(16)15(9-12-13-5-8-17-12)11-3-6-14(2)7-4-11;1-10(16)15(8-12-7-13-9-17-12)11-3-5-14(2)6-4-11;1-9(2)13(11(14)15-4)10-5-7-12(3)8-6-10;1-4-13(11(14)15-5-2)10-6-8-12(3)9-7-10;1-14-5-3-8(4-6-14)15(9(16)17-2)7-10(11,12)13;1-4-12(10(13)14-3)9-5-7-11(2)8-6-9/h3-7,15H,8-12H2,1-2H3;5,8,11H,3-4,6-7,9H2,1-2H3;7,9,11H,3-6,8H2,1-2H3;9-10H,5-8H2,1-4H3;10H,4-9H2,1-3H3;8H,3-7H2,1-2H3;9H,4-8H2,1-3H3. The summed E-state index contributed by atoms with van der Waals surface area (Å²) in [7, 11) is 18.6. The summed E-state index contributed by atoms with van der Waals surface area (Å²) in [5, 5.41) is 0. The molecule has 7 aliphatic rings. The van der Waals surface area contributed by atoms with Crippen LogP contribution in [0, 0.1) is 0 Å². The van der Waals surface area contributed by atoms with Crippen molar-refractivity contribution in [3.05, 3.63) is 72.6 Å². The van der Waals surface area contributed by atoms with Crippen molar-refractivity contribution in [1.82, 2.24) is 78.6 Å². The van der Waals surface area contributed by atoms with E-state index in [1.54, 1.807) is 39.4 Å². The molecule has 0 radical (unpaired) electrons. The van der Waals surface area contributed by atoms with Crippen LogP contribution in [0.2, 0.25) is 0 Å². The van der Waals surface area contributed by atoms with Gasteiger partial charge in [0.05, 0.1) is 53.4 Å². The average Bonchev–Trinajstić information content (AvgIpc) is 1.35. The van der Waals surface area contributed by atoms with Gasteiger partial charge in [-0.05, 0) is 271 Å². The molecule has 29 nitrogen and oxygen atoms in total.